The van der Waals surface area contributed by atoms with Crippen LogP contribution in [-0.2, 0) is 0 Å². The lowest BCUT2D eigenvalue weighted by atomic mass is 10.2. The standard InChI is InChI=1S/C16H16F2N2O4/c1-22-12-6-4-3-5-11(12)20-16(21)19-10-7-8-13(23-2)14(9-10)24-15(17)18/h3-9,15H,1-2H3,(H2,19,20,21). The van der Waals surface area contributed by atoms with Crippen LogP contribution in [0.1, 0.15) is 0 Å². The van der Waals surface area contributed by atoms with Gasteiger partial charge in [0.25, 0.3) is 0 Å². The van der Waals surface area contributed by atoms with E-state index in [9.17, 15) is 13.6 Å². The van der Waals surface area contributed by atoms with E-state index in [2.05, 4.69) is 15.4 Å². The summed E-state index contributed by atoms with van der Waals surface area (Å²) in [6.45, 7) is -3.00. The first kappa shape index (κ1) is 17.3. The number of rotatable bonds is 6. The molecule has 0 unspecified atom stereocenters. The minimum Gasteiger partial charge on any atom is -0.495 e. The number of amides is 2. The number of halogens is 2. The predicted molar refractivity (Wildman–Crippen MR) is 85.3 cm³/mol. The molecule has 2 rings (SSSR count). The lowest BCUT2D eigenvalue weighted by molar-refractivity contribution is -0.0511. The molecule has 2 aromatic carbocycles. The van der Waals surface area contributed by atoms with Gasteiger partial charge in [-0.3, -0.25) is 0 Å². The fourth-order valence-corrected chi connectivity index (χ4v) is 1.98. The molecule has 2 N–H and O–H groups in total. The molecule has 0 atom stereocenters. The fraction of sp³-hybridized carbons (Fsp3) is 0.188. The van der Waals surface area contributed by atoms with Gasteiger partial charge in [0.1, 0.15) is 5.75 Å². The van der Waals surface area contributed by atoms with Gasteiger partial charge < -0.3 is 24.8 Å². The van der Waals surface area contributed by atoms with E-state index < -0.39 is 12.6 Å². The monoisotopic (exact) mass is 338 g/mol. The molecule has 0 saturated heterocycles. The molecule has 24 heavy (non-hydrogen) atoms. The second-order valence-electron chi connectivity index (χ2n) is 4.52. The fourth-order valence-electron chi connectivity index (χ4n) is 1.98. The number of carbonyl (C=O) groups is 1. The molecule has 0 bridgehead atoms. The summed E-state index contributed by atoms with van der Waals surface area (Å²) in [5.74, 6) is 0.442. The van der Waals surface area contributed by atoms with Gasteiger partial charge in [-0.1, -0.05) is 12.1 Å². The van der Waals surface area contributed by atoms with E-state index in [1.807, 2.05) is 0 Å². The average Bonchev–Trinajstić information content (AvgIpc) is 2.55. The van der Waals surface area contributed by atoms with Crippen molar-refractivity contribution in [1.29, 1.82) is 0 Å². The van der Waals surface area contributed by atoms with Crippen LogP contribution in [-0.4, -0.2) is 26.9 Å². The van der Waals surface area contributed by atoms with Crippen molar-refractivity contribution in [3.8, 4) is 17.2 Å². The maximum atomic E-state index is 12.4. The summed E-state index contributed by atoms with van der Waals surface area (Å²) in [5, 5.41) is 5.12. The Balaban J connectivity index is 2.11. The number of alkyl halides is 2. The summed E-state index contributed by atoms with van der Waals surface area (Å²) in [7, 11) is 2.81. The average molecular weight is 338 g/mol. The number of hydrogen-bond donors (Lipinski definition) is 2. The summed E-state index contributed by atoms with van der Waals surface area (Å²) in [4.78, 5) is 12.0. The number of carbonyl (C=O) groups excluding carboxylic acids is 1. The minimum atomic E-state index is -3.00. The topological polar surface area (TPSA) is 68.8 Å². The highest BCUT2D eigenvalue weighted by Gasteiger charge is 2.13. The maximum absolute atomic E-state index is 12.4. The molecule has 0 spiro atoms. The SMILES string of the molecule is COc1ccccc1NC(=O)Nc1ccc(OC)c(OC(F)F)c1. The summed E-state index contributed by atoms with van der Waals surface area (Å²) < 4.78 is 39.2. The van der Waals surface area contributed by atoms with Crippen LogP contribution in [0.4, 0.5) is 25.0 Å². The minimum absolute atomic E-state index is 0.131. The van der Waals surface area contributed by atoms with Crippen molar-refractivity contribution in [2.45, 2.75) is 6.61 Å². The van der Waals surface area contributed by atoms with Crippen LogP contribution >= 0.6 is 0 Å². The van der Waals surface area contributed by atoms with Crippen molar-refractivity contribution in [2.24, 2.45) is 0 Å². The van der Waals surface area contributed by atoms with Crippen LogP contribution in [0.2, 0.25) is 0 Å². The third kappa shape index (κ3) is 4.48. The van der Waals surface area contributed by atoms with Crippen LogP contribution in [0.25, 0.3) is 0 Å². The number of nitrogens with one attached hydrogen (secondary N) is 2. The number of benzene rings is 2. The number of urea groups is 1. The maximum Gasteiger partial charge on any atom is 0.387 e. The van der Waals surface area contributed by atoms with Crippen LogP contribution in [0.5, 0.6) is 17.2 Å². The van der Waals surface area contributed by atoms with Crippen LogP contribution in [0.3, 0.4) is 0 Å². The highest BCUT2D eigenvalue weighted by atomic mass is 19.3. The highest BCUT2D eigenvalue weighted by Crippen LogP contribution is 2.31. The molecule has 0 aromatic heterocycles. The Kier molecular flexibility index (Phi) is 5.78. The first-order valence-corrected chi connectivity index (χ1v) is 6.87. The van der Waals surface area contributed by atoms with Gasteiger partial charge in [0.05, 0.1) is 19.9 Å². The Hall–Kier alpha value is -3.03. The zero-order valence-corrected chi connectivity index (χ0v) is 13.0. The Morgan fingerprint density at radius 3 is 2.33 bits per heavy atom. The predicted octanol–water partition coefficient (Wildman–Crippen LogP) is 3.95. The Labute approximate surface area is 137 Å². The van der Waals surface area contributed by atoms with Crippen LogP contribution in [0.15, 0.2) is 42.5 Å². The number of anilines is 2. The molecule has 2 amide bonds. The van der Waals surface area contributed by atoms with Gasteiger partial charge in [0, 0.05) is 11.8 Å². The highest BCUT2D eigenvalue weighted by molar-refractivity contribution is 6.00. The Morgan fingerprint density at radius 2 is 1.67 bits per heavy atom. The quantitative estimate of drug-likeness (QED) is 0.837. The van der Waals surface area contributed by atoms with Crippen molar-refractivity contribution in [2.75, 3.05) is 24.9 Å². The molecular formula is C16H16F2N2O4. The molecule has 0 aliphatic heterocycles. The lowest BCUT2D eigenvalue weighted by Crippen LogP contribution is -2.19. The molecule has 8 heteroatoms. The van der Waals surface area contributed by atoms with E-state index in [1.165, 1.54) is 32.4 Å². The molecule has 2 aromatic rings. The normalized spacial score (nSPS) is 10.2. The molecule has 0 fully saturated rings. The van der Waals surface area contributed by atoms with Crippen molar-refractivity contribution >= 4 is 17.4 Å². The van der Waals surface area contributed by atoms with Gasteiger partial charge in [-0.25, -0.2) is 4.79 Å². The third-order valence-corrected chi connectivity index (χ3v) is 2.99. The van der Waals surface area contributed by atoms with Crippen LogP contribution in [0, 0.1) is 0 Å². The largest absolute Gasteiger partial charge is 0.495 e. The third-order valence-electron chi connectivity index (χ3n) is 2.99. The summed E-state index contributed by atoms with van der Waals surface area (Å²) in [6, 6.07) is 10.4. The number of ether oxygens (including phenoxy) is 3. The number of hydrogen-bond acceptors (Lipinski definition) is 4. The van der Waals surface area contributed by atoms with E-state index >= 15 is 0 Å². The van der Waals surface area contributed by atoms with E-state index in [1.54, 1.807) is 24.3 Å². The van der Waals surface area contributed by atoms with Gasteiger partial charge in [-0.2, -0.15) is 8.78 Å². The van der Waals surface area contributed by atoms with Crippen LogP contribution < -0.4 is 24.8 Å². The van der Waals surface area contributed by atoms with E-state index in [-0.39, 0.29) is 17.2 Å². The lowest BCUT2D eigenvalue weighted by Gasteiger charge is -2.13. The van der Waals surface area contributed by atoms with Crippen molar-refractivity contribution < 1.29 is 27.8 Å². The molecule has 0 heterocycles. The summed E-state index contributed by atoms with van der Waals surface area (Å²) in [5.41, 5.74) is 0.730. The van der Waals surface area contributed by atoms with E-state index in [0.29, 0.717) is 11.4 Å². The molecule has 0 aliphatic carbocycles. The zero-order chi connectivity index (χ0) is 17.5. The number of methoxy groups -OCH3 is 2. The van der Waals surface area contributed by atoms with E-state index in [0.717, 1.165) is 0 Å². The Morgan fingerprint density at radius 1 is 0.958 bits per heavy atom. The van der Waals surface area contributed by atoms with Crippen molar-refractivity contribution in [1.82, 2.24) is 0 Å². The van der Waals surface area contributed by atoms with E-state index in [4.69, 9.17) is 9.47 Å². The van der Waals surface area contributed by atoms with Gasteiger partial charge in [0.15, 0.2) is 11.5 Å². The molecule has 0 aliphatic rings. The zero-order valence-electron chi connectivity index (χ0n) is 13.0. The molecule has 0 saturated carbocycles. The van der Waals surface area contributed by atoms with Gasteiger partial charge in [-0.15, -0.1) is 0 Å². The van der Waals surface area contributed by atoms with Crippen molar-refractivity contribution in [3.63, 3.8) is 0 Å². The summed E-state index contributed by atoms with van der Waals surface area (Å²) in [6.07, 6.45) is 0. The Bertz CT molecular complexity index is 710. The first-order chi connectivity index (χ1) is 11.5. The molecule has 128 valence electrons. The molecule has 6 nitrogen and oxygen atoms in total. The molecular weight excluding hydrogens is 322 g/mol. The first-order valence-electron chi connectivity index (χ1n) is 6.87. The van der Waals surface area contributed by atoms with Gasteiger partial charge in [-0.05, 0) is 24.3 Å². The second-order valence-corrected chi connectivity index (χ2v) is 4.52. The summed E-state index contributed by atoms with van der Waals surface area (Å²) >= 11 is 0. The van der Waals surface area contributed by atoms with Crippen molar-refractivity contribution in [3.05, 3.63) is 42.5 Å². The molecule has 0 radical (unpaired) electrons. The smallest absolute Gasteiger partial charge is 0.387 e. The van der Waals surface area contributed by atoms with Gasteiger partial charge in [0.2, 0.25) is 0 Å². The van der Waals surface area contributed by atoms with Gasteiger partial charge >= 0.3 is 12.6 Å². The second kappa shape index (κ2) is 8.00. The number of para-hydroxylation sites is 2.